The Morgan fingerprint density at radius 1 is 1.12 bits per heavy atom. The predicted octanol–water partition coefficient (Wildman–Crippen LogP) is 2.63. The number of aliphatic carboxylic acids is 1. The van der Waals surface area contributed by atoms with E-state index in [-0.39, 0.29) is 17.1 Å². The summed E-state index contributed by atoms with van der Waals surface area (Å²) in [5.41, 5.74) is -1.04. The van der Waals surface area contributed by atoms with E-state index in [2.05, 4.69) is 10.6 Å². The van der Waals surface area contributed by atoms with Gasteiger partial charge in [0, 0.05) is 5.02 Å². The number of amides is 2. The second-order valence-corrected chi connectivity index (χ2v) is 6.65. The minimum atomic E-state index is -1.24. The summed E-state index contributed by atoms with van der Waals surface area (Å²) < 4.78 is 0. The van der Waals surface area contributed by atoms with Crippen molar-refractivity contribution in [3.8, 4) is 0 Å². The highest BCUT2D eigenvalue weighted by atomic mass is 35.5. The van der Waals surface area contributed by atoms with Crippen molar-refractivity contribution >= 4 is 41.0 Å². The maximum absolute atomic E-state index is 12.1. The highest BCUT2D eigenvalue weighted by molar-refractivity contribution is 6.36. The molecule has 130 valence electrons. The molecule has 1 saturated carbocycles. The summed E-state index contributed by atoms with van der Waals surface area (Å²) in [4.78, 5) is 35.6. The van der Waals surface area contributed by atoms with Gasteiger partial charge in [-0.15, -0.1) is 0 Å². The molecule has 24 heavy (non-hydrogen) atoms. The first-order valence-corrected chi connectivity index (χ1v) is 8.37. The highest BCUT2D eigenvalue weighted by Crippen LogP contribution is 2.28. The molecule has 2 rings (SSSR count). The van der Waals surface area contributed by atoms with Gasteiger partial charge in [-0.1, -0.05) is 42.5 Å². The first-order chi connectivity index (χ1) is 11.3. The third kappa shape index (κ3) is 4.39. The van der Waals surface area contributed by atoms with Gasteiger partial charge in [0.05, 0.1) is 17.1 Å². The number of nitrogens with one attached hydrogen (secondary N) is 2. The molecule has 1 aromatic carbocycles. The zero-order valence-corrected chi connectivity index (χ0v) is 14.4. The Hall–Kier alpha value is -1.79. The molecule has 0 spiro atoms. The lowest BCUT2D eigenvalue weighted by molar-refractivity contribution is -0.149. The average Bonchev–Trinajstić information content (AvgIpc) is 2.53. The van der Waals surface area contributed by atoms with Crippen LogP contribution < -0.4 is 10.6 Å². The van der Waals surface area contributed by atoms with E-state index in [1.807, 2.05) is 0 Å². The molecule has 0 unspecified atom stereocenters. The standard InChI is InChI=1S/C16H18Cl2N2O4/c17-10-4-5-11(12(18)8-10)14(22)19-9-13(21)20-16(15(23)24)6-2-1-3-7-16/h4-5,8H,1-3,6-7,9H2,(H,19,22)(H,20,21)(H,23,24). The molecule has 0 heterocycles. The van der Waals surface area contributed by atoms with Gasteiger partial charge in [-0.25, -0.2) is 4.79 Å². The minimum Gasteiger partial charge on any atom is -0.480 e. The Morgan fingerprint density at radius 2 is 1.79 bits per heavy atom. The first-order valence-electron chi connectivity index (χ1n) is 7.62. The number of benzene rings is 1. The third-order valence-corrected chi connectivity index (χ3v) is 4.63. The number of carboxylic acids is 1. The Morgan fingerprint density at radius 3 is 2.38 bits per heavy atom. The molecule has 1 aliphatic rings. The molecule has 1 aliphatic carbocycles. The first kappa shape index (κ1) is 18.5. The lowest BCUT2D eigenvalue weighted by Gasteiger charge is -2.33. The van der Waals surface area contributed by atoms with Crippen molar-refractivity contribution in [2.45, 2.75) is 37.6 Å². The maximum atomic E-state index is 12.1. The fourth-order valence-corrected chi connectivity index (χ4v) is 3.28. The van der Waals surface area contributed by atoms with Gasteiger partial charge in [0.1, 0.15) is 5.54 Å². The van der Waals surface area contributed by atoms with Gasteiger partial charge < -0.3 is 15.7 Å². The smallest absolute Gasteiger partial charge is 0.329 e. The molecule has 0 aliphatic heterocycles. The van der Waals surface area contributed by atoms with Gasteiger partial charge in [-0.2, -0.15) is 0 Å². The van der Waals surface area contributed by atoms with Gasteiger partial charge in [-0.05, 0) is 31.0 Å². The number of halogens is 2. The quantitative estimate of drug-likeness (QED) is 0.740. The molecule has 2 amide bonds. The summed E-state index contributed by atoms with van der Waals surface area (Å²) in [7, 11) is 0. The summed E-state index contributed by atoms with van der Waals surface area (Å²) in [6, 6.07) is 4.40. The van der Waals surface area contributed by atoms with Gasteiger partial charge >= 0.3 is 5.97 Å². The van der Waals surface area contributed by atoms with Gasteiger partial charge in [0.2, 0.25) is 5.91 Å². The van der Waals surface area contributed by atoms with Gasteiger partial charge in [0.15, 0.2) is 0 Å². The lowest BCUT2D eigenvalue weighted by Crippen LogP contribution is -2.57. The van der Waals surface area contributed by atoms with Gasteiger partial charge in [0.25, 0.3) is 5.91 Å². The number of hydrogen-bond acceptors (Lipinski definition) is 3. The predicted molar refractivity (Wildman–Crippen MR) is 90.4 cm³/mol. The number of carbonyl (C=O) groups is 3. The zero-order chi connectivity index (χ0) is 17.7. The largest absolute Gasteiger partial charge is 0.480 e. The van der Waals surface area contributed by atoms with Crippen LogP contribution in [0.1, 0.15) is 42.5 Å². The van der Waals surface area contributed by atoms with Gasteiger partial charge in [-0.3, -0.25) is 9.59 Å². The summed E-state index contributed by atoms with van der Waals surface area (Å²) in [6.45, 7) is -0.327. The van der Waals surface area contributed by atoms with Crippen LogP contribution in [0.3, 0.4) is 0 Å². The van der Waals surface area contributed by atoms with Crippen molar-refractivity contribution in [1.82, 2.24) is 10.6 Å². The topological polar surface area (TPSA) is 95.5 Å². The van der Waals surface area contributed by atoms with Crippen LogP contribution in [0.2, 0.25) is 10.0 Å². The van der Waals surface area contributed by atoms with Crippen LogP contribution in [0.15, 0.2) is 18.2 Å². The molecule has 6 nitrogen and oxygen atoms in total. The van der Waals surface area contributed by atoms with Crippen molar-refractivity contribution in [3.63, 3.8) is 0 Å². The van der Waals surface area contributed by atoms with Crippen LogP contribution in [0.5, 0.6) is 0 Å². The van der Waals surface area contributed by atoms with E-state index >= 15 is 0 Å². The molecule has 0 aromatic heterocycles. The fourth-order valence-electron chi connectivity index (χ4n) is 2.79. The molecule has 1 fully saturated rings. The second kappa shape index (κ2) is 7.85. The van der Waals surface area contributed by atoms with Crippen molar-refractivity contribution in [1.29, 1.82) is 0 Å². The van der Waals surface area contributed by atoms with Crippen LogP contribution in [0.4, 0.5) is 0 Å². The summed E-state index contributed by atoms with van der Waals surface area (Å²) in [5, 5.41) is 15.0. The lowest BCUT2D eigenvalue weighted by atomic mass is 9.81. The van der Waals surface area contributed by atoms with Crippen molar-refractivity contribution in [3.05, 3.63) is 33.8 Å². The van der Waals surface area contributed by atoms with Crippen LogP contribution in [0.25, 0.3) is 0 Å². The van der Waals surface area contributed by atoms with Crippen molar-refractivity contribution in [2.75, 3.05) is 6.54 Å². The van der Waals surface area contributed by atoms with E-state index in [0.29, 0.717) is 17.9 Å². The van der Waals surface area contributed by atoms with E-state index in [1.165, 1.54) is 18.2 Å². The van der Waals surface area contributed by atoms with Crippen LogP contribution in [-0.2, 0) is 9.59 Å². The Bertz CT molecular complexity index is 657. The van der Waals surface area contributed by atoms with E-state index in [0.717, 1.165) is 19.3 Å². The Labute approximate surface area is 149 Å². The number of rotatable bonds is 5. The normalized spacial score (nSPS) is 16.2. The molecule has 8 heteroatoms. The monoisotopic (exact) mass is 372 g/mol. The van der Waals surface area contributed by atoms with Crippen LogP contribution in [0, 0.1) is 0 Å². The Kier molecular flexibility index (Phi) is 6.07. The zero-order valence-electron chi connectivity index (χ0n) is 12.9. The van der Waals surface area contributed by atoms with E-state index < -0.39 is 23.3 Å². The molecule has 0 saturated heterocycles. The molecule has 1 aromatic rings. The molecule has 0 radical (unpaired) electrons. The third-order valence-electron chi connectivity index (χ3n) is 4.08. The fraction of sp³-hybridized carbons (Fsp3) is 0.438. The molecule has 3 N–H and O–H groups in total. The van der Waals surface area contributed by atoms with E-state index in [1.54, 1.807) is 0 Å². The number of carbonyl (C=O) groups excluding carboxylic acids is 2. The molecular formula is C16H18Cl2N2O4. The van der Waals surface area contributed by atoms with Crippen LogP contribution in [-0.4, -0.2) is 35.0 Å². The van der Waals surface area contributed by atoms with Crippen LogP contribution >= 0.6 is 23.2 Å². The van der Waals surface area contributed by atoms with E-state index in [9.17, 15) is 19.5 Å². The summed E-state index contributed by atoms with van der Waals surface area (Å²) in [5.74, 6) is -2.11. The maximum Gasteiger partial charge on any atom is 0.329 e. The Balaban J connectivity index is 1.94. The summed E-state index contributed by atoms with van der Waals surface area (Å²) in [6.07, 6.45) is 3.24. The number of hydrogen-bond donors (Lipinski definition) is 3. The molecular weight excluding hydrogens is 355 g/mol. The number of carboxylic acid groups (broad SMARTS) is 1. The molecule has 0 bridgehead atoms. The second-order valence-electron chi connectivity index (χ2n) is 5.80. The van der Waals surface area contributed by atoms with Crippen molar-refractivity contribution < 1.29 is 19.5 Å². The molecule has 0 atom stereocenters. The average molecular weight is 373 g/mol. The highest BCUT2D eigenvalue weighted by Gasteiger charge is 2.40. The minimum absolute atomic E-state index is 0.176. The SMILES string of the molecule is O=C(CNC(=O)c1ccc(Cl)cc1Cl)NC1(C(=O)O)CCCCC1. The van der Waals surface area contributed by atoms with E-state index in [4.69, 9.17) is 23.2 Å². The van der Waals surface area contributed by atoms with Crippen molar-refractivity contribution in [2.24, 2.45) is 0 Å². The summed E-state index contributed by atoms with van der Waals surface area (Å²) >= 11 is 11.7.